The van der Waals surface area contributed by atoms with E-state index >= 15 is 0 Å². The van der Waals surface area contributed by atoms with Gasteiger partial charge in [-0.2, -0.15) is 5.10 Å². The Balaban J connectivity index is 1.60. The number of hydrogen-bond donors (Lipinski definition) is 1. The molecule has 2 heterocycles. The molecule has 0 unspecified atom stereocenters. The molecule has 4 aromatic rings. The van der Waals surface area contributed by atoms with E-state index in [2.05, 4.69) is 38.1 Å². The van der Waals surface area contributed by atoms with Crippen LogP contribution in [0, 0.1) is 6.92 Å². The number of nitrogen functional groups attached to an aromatic ring is 1. The van der Waals surface area contributed by atoms with Crippen molar-refractivity contribution in [1.82, 2.24) is 19.7 Å². The molecule has 1 aliphatic carbocycles. The van der Waals surface area contributed by atoms with Crippen LogP contribution in [0.3, 0.4) is 0 Å². The number of halogens is 1. The van der Waals surface area contributed by atoms with Gasteiger partial charge in [0, 0.05) is 35.1 Å². The Hall–Kier alpha value is -2.93. The number of amides is 1. The molecule has 0 bridgehead atoms. The molecule has 0 atom stereocenters. The Kier molecular flexibility index (Phi) is 4.50. The van der Waals surface area contributed by atoms with E-state index in [1.165, 1.54) is 0 Å². The number of carbonyl (C=O) groups is 1. The van der Waals surface area contributed by atoms with Crippen molar-refractivity contribution in [3.63, 3.8) is 0 Å². The van der Waals surface area contributed by atoms with Gasteiger partial charge in [-0.25, -0.2) is 4.98 Å². The van der Waals surface area contributed by atoms with Crippen LogP contribution in [0.2, 0.25) is 0 Å². The average molecular weight is 464 g/mol. The van der Waals surface area contributed by atoms with Gasteiger partial charge in [0.05, 0.1) is 22.6 Å². The van der Waals surface area contributed by atoms with E-state index in [-0.39, 0.29) is 5.91 Å². The van der Waals surface area contributed by atoms with Crippen molar-refractivity contribution in [3.05, 3.63) is 63.8 Å². The van der Waals surface area contributed by atoms with Crippen molar-refractivity contribution in [2.24, 2.45) is 7.05 Å². The molecule has 7 heteroatoms. The normalized spacial score (nSPS) is 13.8. The minimum Gasteiger partial charge on any atom is -0.383 e. The summed E-state index contributed by atoms with van der Waals surface area (Å²) in [6.45, 7) is 2.57. The number of carbonyl (C=O) groups excluding carboxylic acids is 1. The molecule has 0 saturated heterocycles. The fraction of sp³-hybridized carbons (Fsp3) is 0.261. The smallest absolute Gasteiger partial charge is 0.254 e. The summed E-state index contributed by atoms with van der Waals surface area (Å²) in [4.78, 5) is 20.2. The van der Waals surface area contributed by atoms with Gasteiger partial charge in [-0.3, -0.25) is 9.48 Å². The second kappa shape index (κ2) is 7.09. The molecule has 0 radical (unpaired) electrons. The van der Waals surface area contributed by atoms with Gasteiger partial charge >= 0.3 is 0 Å². The Morgan fingerprint density at radius 1 is 1.23 bits per heavy atom. The Labute approximate surface area is 182 Å². The van der Waals surface area contributed by atoms with E-state index in [0.29, 0.717) is 24.0 Å². The van der Waals surface area contributed by atoms with Crippen LogP contribution in [-0.4, -0.2) is 31.6 Å². The molecule has 0 aliphatic heterocycles. The van der Waals surface area contributed by atoms with Gasteiger partial charge in [-0.05, 0) is 55.2 Å². The molecule has 1 fully saturated rings. The van der Waals surface area contributed by atoms with Crippen molar-refractivity contribution in [3.8, 4) is 0 Å². The van der Waals surface area contributed by atoms with Crippen LogP contribution in [0.4, 0.5) is 5.82 Å². The predicted molar refractivity (Wildman–Crippen MR) is 122 cm³/mol. The van der Waals surface area contributed by atoms with E-state index in [1.54, 1.807) is 10.9 Å². The van der Waals surface area contributed by atoms with Crippen LogP contribution >= 0.6 is 15.9 Å². The summed E-state index contributed by atoms with van der Waals surface area (Å²) in [7, 11) is 1.88. The van der Waals surface area contributed by atoms with Crippen LogP contribution in [0.25, 0.3) is 21.8 Å². The van der Waals surface area contributed by atoms with E-state index in [0.717, 1.165) is 50.2 Å². The molecule has 2 N–H and O–H groups in total. The molecule has 152 valence electrons. The number of nitrogens with two attached hydrogens (primary N) is 1. The van der Waals surface area contributed by atoms with Crippen molar-refractivity contribution < 1.29 is 4.79 Å². The molecule has 0 spiro atoms. The lowest BCUT2D eigenvalue weighted by Crippen LogP contribution is -2.33. The van der Waals surface area contributed by atoms with Crippen molar-refractivity contribution in [2.75, 3.05) is 5.73 Å². The summed E-state index contributed by atoms with van der Waals surface area (Å²) >= 11 is 3.48. The quantitative estimate of drug-likeness (QED) is 0.480. The highest BCUT2D eigenvalue weighted by molar-refractivity contribution is 9.10. The monoisotopic (exact) mass is 463 g/mol. The number of nitrogens with zero attached hydrogens (tertiary/aromatic N) is 4. The lowest BCUT2D eigenvalue weighted by atomic mass is 10.0. The van der Waals surface area contributed by atoms with Crippen LogP contribution in [0.15, 0.2) is 47.1 Å². The average Bonchev–Trinajstić information content (AvgIpc) is 3.48. The largest absolute Gasteiger partial charge is 0.383 e. The maximum Gasteiger partial charge on any atom is 0.254 e. The number of rotatable bonds is 4. The second-order valence-corrected chi connectivity index (χ2v) is 8.92. The summed E-state index contributed by atoms with van der Waals surface area (Å²) in [6, 6.07) is 12.4. The lowest BCUT2D eigenvalue weighted by Gasteiger charge is -2.24. The van der Waals surface area contributed by atoms with Gasteiger partial charge in [0.2, 0.25) is 0 Å². The maximum atomic E-state index is 13.6. The minimum absolute atomic E-state index is 0.0620. The van der Waals surface area contributed by atoms with Gasteiger partial charge < -0.3 is 10.6 Å². The number of hydrogen-bond acceptors (Lipinski definition) is 4. The number of benzene rings is 2. The highest BCUT2D eigenvalue weighted by Gasteiger charge is 2.33. The van der Waals surface area contributed by atoms with Crippen LogP contribution in [-0.2, 0) is 13.6 Å². The van der Waals surface area contributed by atoms with Gasteiger partial charge in [-0.15, -0.1) is 0 Å². The summed E-state index contributed by atoms with van der Waals surface area (Å²) in [5.41, 5.74) is 10.6. The molecule has 30 heavy (non-hydrogen) atoms. The zero-order valence-electron chi connectivity index (χ0n) is 16.9. The van der Waals surface area contributed by atoms with E-state index in [9.17, 15) is 4.79 Å². The highest BCUT2D eigenvalue weighted by Crippen LogP contribution is 2.33. The fourth-order valence-corrected chi connectivity index (χ4v) is 4.30. The van der Waals surface area contributed by atoms with Gasteiger partial charge in [0.1, 0.15) is 5.82 Å². The lowest BCUT2D eigenvalue weighted by molar-refractivity contribution is 0.0729. The van der Waals surface area contributed by atoms with E-state index in [1.807, 2.05) is 43.1 Å². The topological polar surface area (TPSA) is 77.0 Å². The number of aromatic nitrogens is 3. The molecule has 1 saturated carbocycles. The summed E-state index contributed by atoms with van der Waals surface area (Å²) in [5, 5.41) is 6.04. The molecule has 1 amide bonds. The number of pyridine rings is 1. The van der Waals surface area contributed by atoms with E-state index in [4.69, 9.17) is 5.73 Å². The molecular weight excluding hydrogens is 442 g/mol. The van der Waals surface area contributed by atoms with Crippen LogP contribution in [0.1, 0.15) is 34.3 Å². The SMILES string of the molecule is Cc1cc2nc(N)c3cnn(C)c3c2cc1C(=O)N(Cc1ccc(Br)cc1)C1CC1. The standard InChI is InChI=1S/C23H22BrN5O/c1-13-9-20-18(21-19(22(25)27-20)11-26-28(21)2)10-17(13)23(30)29(16-7-8-16)12-14-3-5-15(24)6-4-14/h3-6,9-11,16H,7-8,12H2,1-2H3,(H2,25,27). The molecule has 1 aliphatic rings. The van der Waals surface area contributed by atoms with Gasteiger partial charge in [0.25, 0.3) is 5.91 Å². The summed E-state index contributed by atoms with van der Waals surface area (Å²) in [5.74, 6) is 0.519. The maximum absolute atomic E-state index is 13.6. The van der Waals surface area contributed by atoms with Crippen LogP contribution < -0.4 is 5.73 Å². The Morgan fingerprint density at radius 2 is 1.97 bits per heavy atom. The molecule has 6 nitrogen and oxygen atoms in total. The third-order valence-corrected chi connectivity index (χ3v) is 6.33. The summed E-state index contributed by atoms with van der Waals surface area (Å²) in [6.07, 6.45) is 3.83. The van der Waals surface area contributed by atoms with Crippen LogP contribution in [0.5, 0.6) is 0 Å². The third-order valence-electron chi connectivity index (χ3n) is 5.80. The summed E-state index contributed by atoms with van der Waals surface area (Å²) < 4.78 is 2.83. The molecule has 2 aromatic heterocycles. The first-order chi connectivity index (χ1) is 14.4. The predicted octanol–water partition coefficient (Wildman–Crippen LogP) is 4.58. The van der Waals surface area contributed by atoms with Gasteiger partial charge in [0.15, 0.2) is 0 Å². The zero-order valence-corrected chi connectivity index (χ0v) is 18.5. The number of fused-ring (bicyclic) bond motifs is 3. The molecule has 2 aromatic carbocycles. The second-order valence-electron chi connectivity index (χ2n) is 8.00. The Bertz CT molecular complexity index is 1290. The Morgan fingerprint density at radius 3 is 2.67 bits per heavy atom. The minimum atomic E-state index is 0.0620. The number of anilines is 1. The number of aryl methyl sites for hydroxylation is 2. The van der Waals surface area contributed by atoms with Gasteiger partial charge in [-0.1, -0.05) is 28.1 Å². The third kappa shape index (κ3) is 3.23. The first kappa shape index (κ1) is 19.1. The first-order valence-electron chi connectivity index (χ1n) is 9.99. The van der Waals surface area contributed by atoms with E-state index < -0.39 is 0 Å². The van der Waals surface area contributed by atoms with Crippen molar-refractivity contribution in [2.45, 2.75) is 32.4 Å². The molecular formula is C23H22BrN5O. The zero-order chi connectivity index (χ0) is 21.0. The molecule has 5 rings (SSSR count). The van der Waals surface area contributed by atoms with Crippen molar-refractivity contribution >= 4 is 49.5 Å². The fourth-order valence-electron chi connectivity index (χ4n) is 4.03. The highest BCUT2D eigenvalue weighted by atomic mass is 79.9. The first-order valence-corrected chi connectivity index (χ1v) is 10.8. The van der Waals surface area contributed by atoms with Crippen molar-refractivity contribution in [1.29, 1.82) is 0 Å².